The molecule has 0 spiro atoms. The zero-order chi connectivity index (χ0) is 20.2. The Kier molecular flexibility index (Phi) is 3.49. The molecule has 144 valence electrons. The highest BCUT2D eigenvalue weighted by Crippen LogP contribution is 2.35. The second-order valence-corrected chi connectivity index (χ2v) is 7.54. The largest absolute Gasteiger partial charge is 0.337 e. The molecule has 0 saturated heterocycles. The molecule has 0 aliphatic heterocycles. The van der Waals surface area contributed by atoms with Gasteiger partial charge in [0.05, 0.1) is 27.6 Å². The van der Waals surface area contributed by atoms with Crippen molar-refractivity contribution in [3.8, 4) is 22.6 Å². The molecule has 6 heteroatoms. The van der Waals surface area contributed by atoms with E-state index >= 15 is 0 Å². The first-order valence-electron chi connectivity index (χ1n) is 9.81. The number of benzene rings is 2. The third-order valence-corrected chi connectivity index (χ3v) is 5.48. The monoisotopic (exact) mass is 390 g/mol. The number of aryl methyl sites for hydroxylation is 2. The maximum absolute atomic E-state index is 5.00. The number of hydrogen-bond acceptors (Lipinski definition) is 4. The molecule has 4 aromatic heterocycles. The molecule has 1 N–H and O–H groups in total. The van der Waals surface area contributed by atoms with Crippen LogP contribution in [0.4, 0.5) is 0 Å². The van der Waals surface area contributed by atoms with Crippen LogP contribution in [0.15, 0.2) is 67.1 Å². The highest BCUT2D eigenvalue weighted by molar-refractivity contribution is 6.21. The molecular weight excluding hydrogens is 372 g/mol. The van der Waals surface area contributed by atoms with Gasteiger partial charge in [0.25, 0.3) is 0 Å². The van der Waals surface area contributed by atoms with Crippen molar-refractivity contribution in [1.82, 2.24) is 29.7 Å². The predicted molar refractivity (Wildman–Crippen MR) is 119 cm³/mol. The van der Waals surface area contributed by atoms with Gasteiger partial charge in [0, 0.05) is 42.0 Å². The van der Waals surface area contributed by atoms with E-state index < -0.39 is 0 Å². The number of rotatable bonds is 2. The third kappa shape index (κ3) is 2.43. The summed E-state index contributed by atoms with van der Waals surface area (Å²) in [4.78, 5) is 17.7. The van der Waals surface area contributed by atoms with Gasteiger partial charge < -0.3 is 4.98 Å². The van der Waals surface area contributed by atoms with Gasteiger partial charge in [-0.05, 0) is 31.2 Å². The van der Waals surface area contributed by atoms with E-state index in [1.807, 2.05) is 36.1 Å². The Morgan fingerprint density at radius 2 is 1.53 bits per heavy atom. The Balaban J connectivity index is 1.67. The molecule has 30 heavy (non-hydrogen) atoms. The minimum Gasteiger partial charge on any atom is -0.337 e. The van der Waals surface area contributed by atoms with E-state index in [2.05, 4.69) is 52.2 Å². The van der Waals surface area contributed by atoms with Gasteiger partial charge in [-0.3, -0.25) is 14.6 Å². The molecule has 2 aromatic carbocycles. The van der Waals surface area contributed by atoms with E-state index in [1.165, 1.54) is 5.56 Å². The standard InChI is InChI=1S/C24H18N6/c1-14-7-9-15(10-8-14)19-18(13-30(2)29-19)24-27-22-16-5-3-11-25-20(16)21-17(23(22)28-24)6-4-12-26-21/h3-13H,1-2H3,(H,27,28). The lowest BCUT2D eigenvalue weighted by atomic mass is 10.1. The van der Waals surface area contributed by atoms with E-state index in [4.69, 9.17) is 10.1 Å². The summed E-state index contributed by atoms with van der Waals surface area (Å²) < 4.78 is 1.83. The average molecular weight is 390 g/mol. The number of H-pyrrole nitrogens is 1. The van der Waals surface area contributed by atoms with Crippen molar-refractivity contribution in [3.63, 3.8) is 0 Å². The van der Waals surface area contributed by atoms with Crippen molar-refractivity contribution in [2.75, 3.05) is 0 Å². The van der Waals surface area contributed by atoms with Gasteiger partial charge in [0.1, 0.15) is 11.5 Å². The minimum atomic E-state index is 0.787. The van der Waals surface area contributed by atoms with E-state index in [1.54, 1.807) is 12.4 Å². The van der Waals surface area contributed by atoms with Gasteiger partial charge in [-0.25, -0.2) is 4.98 Å². The van der Waals surface area contributed by atoms with Crippen molar-refractivity contribution in [3.05, 3.63) is 72.7 Å². The van der Waals surface area contributed by atoms with E-state index in [0.29, 0.717) is 0 Å². The number of hydrogen-bond donors (Lipinski definition) is 1. The van der Waals surface area contributed by atoms with Crippen LogP contribution in [-0.2, 0) is 7.05 Å². The normalized spacial score (nSPS) is 11.7. The SMILES string of the molecule is Cc1ccc(-c2nn(C)cc2-c2nc3c4cccnc4c4ncccc4c3[nH]2)cc1. The molecule has 4 heterocycles. The highest BCUT2D eigenvalue weighted by atomic mass is 15.3. The molecule has 0 bridgehead atoms. The molecule has 0 fully saturated rings. The molecule has 6 rings (SSSR count). The zero-order valence-electron chi connectivity index (χ0n) is 16.6. The highest BCUT2D eigenvalue weighted by Gasteiger charge is 2.19. The van der Waals surface area contributed by atoms with Crippen LogP contribution < -0.4 is 0 Å². The summed E-state index contributed by atoms with van der Waals surface area (Å²) in [7, 11) is 1.93. The van der Waals surface area contributed by atoms with Crippen LogP contribution in [0.1, 0.15) is 5.56 Å². The molecule has 0 radical (unpaired) electrons. The van der Waals surface area contributed by atoms with Crippen molar-refractivity contribution < 1.29 is 0 Å². The van der Waals surface area contributed by atoms with Crippen molar-refractivity contribution >= 4 is 32.8 Å². The Morgan fingerprint density at radius 3 is 2.30 bits per heavy atom. The van der Waals surface area contributed by atoms with Crippen LogP contribution in [0.3, 0.4) is 0 Å². The second kappa shape index (κ2) is 6.22. The second-order valence-electron chi connectivity index (χ2n) is 7.54. The Hall–Kier alpha value is -4.06. The summed E-state index contributed by atoms with van der Waals surface area (Å²) in [5.74, 6) is 0.787. The summed E-state index contributed by atoms with van der Waals surface area (Å²) in [5, 5.41) is 6.71. The molecule has 0 atom stereocenters. The molecule has 6 nitrogen and oxygen atoms in total. The number of pyridine rings is 2. The summed E-state index contributed by atoms with van der Waals surface area (Å²) in [6, 6.07) is 16.4. The number of fused-ring (bicyclic) bond motifs is 6. The van der Waals surface area contributed by atoms with Crippen LogP contribution in [-0.4, -0.2) is 29.7 Å². The Morgan fingerprint density at radius 1 is 0.833 bits per heavy atom. The number of imidazole rings is 1. The van der Waals surface area contributed by atoms with Crippen LogP contribution in [0.2, 0.25) is 0 Å². The van der Waals surface area contributed by atoms with Crippen molar-refractivity contribution in [1.29, 1.82) is 0 Å². The summed E-state index contributed by atoms with van der Waals surface area (Å²) in [6.45, 7) is 2.08. The topological polar surface area (TPSA) is 72.3 Å². The summed E-state index contributed by atoms with van der Waals surface area (Å²) in [6.07, 6.45) is 5.61. The molecule has 0 amide bonds. The molecule has 6 aromatic rings. The third-order valence-electron chi connectivity index (χ3n) is 5.48. The van der Waals surface area contributed by atoms with Gasteiger partial charge in [-0.1, -0.05) is 29.8 Å². The first-order chi connectivity index (χ1) is 14.7. The van der Waals surface area contributed by atoms with Crippen LogP contribution in [0.25, 0.3) is 55.5 Å². The number of aromatic amines is 1. The number of aromatic nitrogens is 6. The minimum absolute atomic E-state index is 0.787. The fraction of sp³-hybridized carbons (Fsp3) is 0.0833. The van der Waals surface area contributed by atoms with E-state index in [0.717, 1.165) is 55.5 Å². The predicted octanol–water partition coefficient (Wildman–Crippen LogP) is 5.04. The smallest absolute Gasteiger partial charge is 0.142 e. The van der Waals surface area contributed by atoms with Gasteiger partial charge in [-0.2, -0.15) is 5.10 Å². The lowest BCUT2D eigenvalue weighted by Gasteiger charge is -2.03. The number of nitrogens with one attached hydrogen (secondary N) is 1. The lowest BCUT2D eigenvalue weighted by Crippen LogP contribution is -1.88. The Labute approximate surface area is 172 Å². The molecule has 0 aliphatic rings. The molecular formula is C24H18N6. The van der Waals surface area contributed by atoms with E-state index in [-0.39, 0.29) is 0 Å². The first kappa shape index (κ1) is 16.9. The van der Waals surface area contributed by atoms with Crippen LogP contribution in [0.5, 0.6) is 0 Å². The van der Waals surface area contributed by atoms with Crippen LogP contribution >= 0.6 is 0 Å². The number of nitrogens with zero attached hydrogens (tertiary/aromatic N) is 5. The maximum Gasteiger partial charge on any atom is 0.142 e. The maximum atomic E-state index is 5.00. The summed E-state index contributed by atoms with van der Waals surface area (Å²) in [5.41, 5.74) is 7.75. The molecule has 0 unspecified atom stereocenters. The van der Waals surface area contributed by atoms with Crippen molar-refractivity contribution in [2.24, 2.45) is 7.05 Å². The van der Waals surface area contributed by atoms with E-state index in [9.17, 15) is 0 Å². The fourth-order valence-electron chi connectivity index (χ4n) is 4.06. The first-order valence-corrected chi connectivity index (χ1v) is 9.81. The summed E-state index contributed by atoms with van der Waals surface area (Å²) >= 11 is 0. The van der Waals surface area contributed by atoms with Gasteiger partial charge >= 0.3 is 0 Å². The average Bonchev–Trinajstić information content (AvgIpc) is 3.39. The Bertz CT molecular complexity index is 1480. The van der Waals surface area contributed by atoms with Crippen LogP contribution in [0, 0.1) is 6.92 Å². The van der Waals surface area contributed by atoms with Gasteiger partial charge in [-0.15, -0.1) is 0 Å². The quantitative estimate of drug-likeness (QED) is 0.421. The lowest BCUT2D eigenvalue weighted by molar-refractivity contribution is 0.771. The fourth-order valence-corrected chi connectivity index (χ4v) is 4.06. The zero-order valence-corrected chi connectivity index (χ0v) is 16.6. The van der Waals surface area contributed by atoms with Crippen molar-refractivity contribution in [2.45, 2.75) is 6.92 Å². The molecule has 0 aliphatic carbocycles. The molecule has 0 saturated carbocycles. The van der Waals surface area contributed by atoms with Gasteiger partial charge in [0.15, 0.2) is 0 Å². The van der Waals surface area contributed by atoms with Gasteiger partial charge in [0.2, 0.25) is 0 Å².